The Bertz CT molecular complexity index is 683. The summed E-state index contributed by atoms with van der Waals surface area (Å²) in [6.45, 7) is 6.85. The van der Waals surface area contributed by atoms with Crippen molar-refractivity contribution in [3.05, 3.63) is 35.9 Å². The highest BCUT2D eigenvalue weighted by molar-refractivity contribution is 5.92. The van der Waals surface area contributed by atoms with Gasteiger partial charge in [0.2, 0.25) is 0 Å². The zero-order valence-electron chi connectivity index (χ0n) is 14.1. The smallest absolute Gasteiger partial charge is 0.272 e. The maximum absolute atomic E-state index is 12.5. The molecule has 2 N–H and O–H groups in total. The minimum absolute atomic E-state index is 0.196. The number of rotatable bonds is 5. The molecule has 0 saturated heterocycles. The zero-order chi connectivity index (χ0) is 16.9. The summed E-state index contributed by atoms with van der Waals surface area (Å²) in [6, 6.07) is -0.196. The van der Waals surface area contributed by atoms with Crippen LogP contribution in [0.1, 0.15) is 48.4 Å². The molecule has 1 atom stereocenters. The number of carbonyl (C=O) groups excluding carboxylic acids is 1. The number of amides is 1. The molecule has 8 nitrogen and oxygen atoms in total. The van der Waals surface area contributed by atoms with Gasteiger partial charge in [0.05, 0.1) is 12.2 Å². The molecular formula is C16H23N7O. The maximum atomic E-state index is 12.5. The topological polar surface area (TPSA) is 97.6 Å². The van der Waals surface area contributed by atoms with Gasteiger partial charge < -0.3 is 15.2 Å². The standard InChI is InChI=1S/C16H23N7O/c1-11(2)9-12(20-16(24)13-10-18-5-6-19-13)15-22-21-14-3-4-17-7-8-23(14)15/h5-6,10-12,17H,3-4,7-9H2,1-2H3,(H,20,24)/t12-/m1/s1. The molecule has 2 aromatic heterocycles. The van der Waals surface area contributed by atoms with Crippen molar-refractivity contribution in [2.24, 2.45) is 5.92 Å². The second-order valence-electron chi connectivity index (χ2n) is 6.37. The second kappa shape index (κ2) is 7.48. The van der Waals surface area contributed by atoms with Crippen LogP contribution in [0.5, 0.6) is 0 Å². The van der Waals surface area contributed by atoms with Gasteiger partial charge >= 0.3 is 0 Å². The Morgan fingerprint density at radius 1 is 1.33 bits per heavy atom. The minimum atomic E-state index is -0.238. The molecule has 0 fully saturated rings. The van der Waals surface area contributed by atoms with E-state index in [4.69, 9.17) is 0 Å². The summed E-state index contributed by atoms with van der Waals surface area (Å²) in [6.07, 6.45) is 6.17. The lowest BCUT2D eigenvalue weighted by Gasteiger charge is -2.20. The Hall–Kier alpha value is -2.35. The highest BCUT2D eigenvalue weighted by atomic mass is 16.2. The average molecular weight is 329 g/mol. The summed E-state index contributed by atoms with van der Waals surface area (Å²) >= 11 is 0. The van der Waals surface area contributed by atoms with Crippen molar-refractivity contribution >= 4 is 5.91 Å². The number of nitrogens with one attached hydrogen (secondary N) is 2. The van der Waals surface area contributed by atoms with Crippen molar-refractivity contribution in [2.75, 3.05) is 13.1 Å². The van der Waals surface area contributed by atoms with Gasteiger partial charge in [-0.1, -0.05) is 13.8 Å². The summed E-state index contributed by atoms with van der Waals surface area (Å²) in [5, 5.41) is 15.1. The van der Waals surface area contributed by atoms with Crippen molar-refractivity contribution in [3.8, 4) is 0 Å². The monoisotopic (exact) mass is 329 g/mol. The van der Waals surface area contributed by atoms with Gasteiger partial charge in [-0.15, -0.1) is 10.2 Å². The molecule has 1 amide bonds. The van der Waals surface area contributed by atoms with E-state index in [0.29, 0.717) is 11.6 Å². The summed E-state index contributed by atoms with van der Waals surface area (Å²) in [7, 11) is 0. The Balaban J connectivity index is 1.84. The lowest BCUT2D eigenvalue weighted by Crippen LogP contribution is -2.32. The van der Waals surface area contributed by atoms with Crippen LogP contribution in [0, 0.1) is 5.92 Å². The van der Waals surface area contributed by atoms with Crippen LogP contribution >= 0.6 is 0 Å². The lowest BCUT2D eigenvalue weighted by atomic mass is 10.0. The third-order valence-corrected chi connectivity index (χ3v) is 4.01. The Labute approximate surface area is 141 Å². The molecule has 8 heteroatoms. The molecule has 0 spiro atoms. The van der Waals surface area contributed by atoms with E-state index in [2.05, 4.69) is 49.2 Å². The first-order chi connectivity index (χ1) is 11.6. The quantitative estimate of drug-likeness (QED) is 0.839. The average Bonchev–Trinajstić information content (AvgIpc) is 2.83. The third-order valence-electron chi connectivity index (χ3n) is 4.01. The van der Waals surface area contributed by atoms with Crippen molar-refractivity contribution in [2.45, 2.75) is 39.3 Å². The van der Waals surface area contributed by atoms with Crippen LogP contribution in [-0.2, 0) is 13.0 Å². The van der Waals surface area contributed by atoms with Crippen molar-refractivity contribution in [1.29, 1.82) is 0 Å². The number of hydrogen-bond donors (Lipinski definition) is 2. The fraction of sp³-hybridized carbons (Fsp3) is 0.562. The van der Waals surface area contributed by atoms with Gasteiger partial charge in [-0.25, -0.2) is 4.98 Å². The summed E-state index contributed by atoms with van der Waals surface area (Å²) < 4.78 is 2.13. The van der Waals surface area contributed by atoms with Crippen LogP contribution in [0.4, 0.5) is 0 Å². The molecule has 0 bridgehead atoms. The van der Waals surface area contributed by atoms with Crippen molar-refractivity contribution in [3.63, 3.8) is 0 Å². The van der Waals surface area contributed by atoms with Crippen LogP contribution in [0.2, 0.25) is 0 Å². The van der Waals surface area contributed by atoms with E-state index >= 15 is 0 Å². The Morgan fingerprint density at radius 3 is 2.96 bits per heavy atom. The fourth-order valence-electron chi connectivity index (χ4n) is 2.90. The molecule has 0 unspecified atom stereocenters. The van der Waals surface area contributed by atoms with Gasteiger partial charge in [-0.2, -0.15) is 0 Å². The molecule has 0 aromatic carbocycles. The van der Waals surface area contributed by atoms with Crippen molar-refractivity contribution in [1.82, 2.24) is 35.4 Å². The lowest BCUT2D eigenvalue weighted by molar-refractivity contribution is 0.0923. The van der Waals surface area contributed by atoms with Crippen LogP contribution < -0.4 is 10.6 Å². The first-order valence-corrected chi connectivity index (χ1v) is 8.34. The number of carbonyl (C=O) groups is 1. The number of fused-ring (bicyclic) bond motifs is 1. The van der Waals surface area contributed by atoms with Crippen LogP contribution in [0.15, 0.2) is 18.6 Å². The molecule has 1 aliphatic heterocycles. The van der Waals surface area contributed by atoms with Gasteiger partial charge in [-0.05, 0) is 12.3 Å². The minimum Gasteiger partial charge on any atom is -0.341 e. The molecular weight excluding hydrogens is 306 g/mol. The van der Waals surface area contributed by atoms with E-state index in [0.717, 1.165) is 44.1 Å². The molecule has 0 saturated carbocycles. The van der Waals surface area contributed by atoms with Gasteiger partial charge in [0, 0.05) is 38.4 Å². The predicted octanol–water partition coefficient (Wildman–Crippen LogP) is 0.731. The maximum Gasteiger partial charge on any atom is 0.272 e. The highest BCUT2D eigenvalue weighted by Crippen LogP contribution is 2.22. The molecule has 1 aliphatic rings. The molecule has 128 valence electrons. The van der Waals surface area contributed by atoms with Gasteiger partial charge in [0.15, 0.2) is 5.82 Å². The number of nitrogens with zero attached hydrogens (tertiary/aromatic N) is 5. The Kier molecular flexibility index (Phi) is 5.14. The molecule has 24 heavy (non-hydrogen) atoms. The summed E-state index contributed by atoms with van der Waals surface area (Å²) in [4.78, 5) is 20.5. The Morgan fingerprint density at radius 2 is 2.21 bits per heavy atom. The van der Waals surface area contributed by atoms with E-state index in [9.17, 15) is 4.79 Å². The molecule has 3 rings (SSSR count). The number of hydrogen-bond acceptors (Lipinski definition) is 6. The van der Waals surface area contributed by atoms with Gasteiger partial charge in [0.25, 0.3) is 5.91 Å². The van der Waals surface area contributed by atoms with Gasteiger partial charge in [-0.3, -0.25) is 9.78 Å². The third kappa shape index (κ3) is 3.76. The fourth-order valence-corrected chi connectivity index (χ4v) is 2.90. The first kappa shape index (κ1) is 16.5. The van der Waals surface area contributed by atoms with E-state index in [-0.39, 0.29) is 11.9 Å². The molecule has 3 heterocycles. The summed E-state index contributed by atoms with van der Waals surface area (Å²) in [5.74, 6) is 1.96. The molecule has 0 aliphatic carbocycles. The van der Waals surface area contributed by atoms with E-state index in [1.807, 2.05) is 0 Å². The number of aromatic nitrogens is 5. The zero-order valence-corrected chi connectivity index (χ0v) is 14.1. The SMILES string of the molecule is CC(C)C[C@@H](NC(=O)c1cnccn1)c1nnc2n1CCNCC2. The largest absolute Gasteiger partial charge is 0.341 e. The predicted molar refractivity (Wildman–Crippen MR) is 88.3 cm³/mol. The summed E-state index contributed by atoms with van der Waals surface area (Å²) in [5.41, 5.74) is 0.309. The van der Waals surface area contributed by atoms with Gasteiger partial charge in [0.1, 0.15) is 11.5 Å². The molecule has 0 radical (unpaired) electrons. The van der Waals surface area contributed by atoms with Crippen molar-refractivity contribution < 1.29 is 4.79 Å². The molecule has 2 aromatic rings. The van der Waals surface area contributed by atoms with E-state index in [1.54, 1.807) is 6.20 Å². The van der Waals surface area contributed by atoms with Crippen LogP contribution in [0.3, 0.4) is 0 Å². The first-order valence-electron chi connectivity index (χ1n) is 8.34. The van der Waals surface area contributed by atoms with Crippen LogP contribution in [0.25, 0.3) is 0 Å². The highest BCUT2D eigenvalue weighted by Gasteiger charge is 2.25. The van der Waals surface area contributed by atoms with E-state index in [1.165, 1.54) is 12.4 Å². The van der Waals surface area contributed by atoms with Crippen LogP contribution in [-0.4, -0.2) is 43.7 Å². The normalized spacial score (nSPS) is 15.6. The second-order valence-corrected chi connectivity index (χ2v) is 6.37. The van der Waals surface area contributed by atoms with E-state index < -0.39 is 0 Å².